The molecule has 0 bridgehead atoms. The summed E-state index contributed by atoms with van der Waals surface area (Å²) in [6.45, 7) is 6.00. The molecule has 0 saturated carbocycles. The van der Waals surface area contributed by atoms with E-state index in [2.05, 4.69) is 10.1 Å². The van der Waals surface area contributed by atoms with Crippen molar-refractivity contribution in [2.75, 3.05) is 0 Å². The number of aromatic nitrogens is 2. The van der Waals surface area contributed by atoms with Crippen molar-refractivity contribution in [3.63, 3.8) is 0 Å². The molecule has 0 aliphatic carbocycles. The minimum Gasteiger partial charge on any atom is -0.483 e. The molecule has 1 heterocycles. The van der Waals surface area contributed by atoms with Crippen molar-refractivity contribution >= 4 is 6.29 Å². The summed E-state index contributed by atoms with van der Waals surface area (Å²) in [4.78, 5) is 14.9. The van der Waals surface area contributed by atoms with Gasteiger partial charge >= 0.3 is 0 Å². The van der Waals surface area contributed by atoms with E-state index in [1.165, 1.54) is 0 Å². The molecule has 1 aromatic heterocycles. The number of benzene rings is 1. The molecular formula is C14H16N2O3. The Labute approximate surface area is 111 Å². The smallest absolute Gasteiger partial charge is 0.264 e. The van der Waals surface area contributed by atoms with Crippen LogP contribution < -0.4 is 4.74 Å². The molecule has 0 fully saturated rings. The number of nitrogens with zero attached hydrogens (tertiary/aromatic N) is 2. The Balaban J connectivity index is 2.13. The van der Waals surface area contributed by atoms with Gasteiger partial charge in [0.05, 0.1) is 0 Å². The zero-order chi connectivity index (χ0) is 13.8. The topological polar surface area (TPSA) is 65.2 Å². The molecule has 0 atom stereocenters. The van der Waals surface area contributed by atoms with E-state index >= 15 is 0 Å². The van der Waals surface area contributed by atoms with Crippen molar-refractivity contribution in [1.29, 1.82) is 0 Å². The molecule has 2 aromatic rings. The lowest BCUT2D eigenvalue weighted by atomic mass is 10.1. The summed E-state index contributed by atoms with van der Waals surface area (Å²) in [5.74, 6) is 1.88. The van der Waals surface area contributed by atoms with E-state index in [0.717, 1.165) is 29.6 Å². The Morgan fingerprint density at radius 2 is 2.00 bits per heavy atom. The first-order chi connectivity index (χ1) is 9.13. The van der Waals surface area contributed by atoms with Gasteiger partial charge in [-0.1, -0.05) is 12.1 Å². The predicted octanol–water partition coefficient (Wildman–Crippen LogP) is 2.64. The summed E-state index contributed by atoms with van der Waals surface area (Å²) in [5.41, 5.74) is 2.48. The number of rotatable bonds is 5. The largest absolute Gasteiger partial charge is 0.483 e. The minimum absolute atomic E-state index is 0.231. The molecule has 0 N–H and O–H groups in total. The number of hydrogen-bond acceptors (Lipinski definition) is 5. The van der Waals surface area contributed by atoms with E-state index in [-0.39, 0.29) is 6.61 Å². The van der Waals surface area contributed by atoms with Gasteiger partial charge < -0.3 is 9.26 Å². The third kappa shape index (κ3) is 2.99. The maximum atomic E-state index is 10.8. The highest BCUT2D eigenvalue weighted by Gasteiger charge is 2.09. The van der Waals surface area contributed by atoms with Crippen LogP contribution in [-0.2, 0) is 13.0 Å². The van der Waals surface area contributed by atoms with Crippen molar-refractivity contribution in [3.05, 3.63) is 40.5 Å². The van der Waals surface area contributed by atoms with Gasteiger partial charge in [0.25, 0.3) is 5.89 Å². The zero-order valence-corrected chi connectivity index (χ0v) is 11.3. The second-order valence-electron chi connectivity index (χ2n) is 4.35. The van der Waals surface area contributed by atoms with Gasteiger partial charge in [0.2, 0.25) is 0 Å². The van der Waals surface area contributed by atoms with Gasteiger partial charge in [-0.05, 0) is 37.1 Å². The molecule has 0 radical (unpaired) electrons. The number of carbonyl (C=O) groups excluding carboxylic acids is 1. The lowest BCUT2D eigenvalue weighted by Gasteiger charge is -2.11. The van der Waals surface area contributed by atoms with Crippen molar-refractivity contribution in [2.45, 2.75) is 33.8 Å². The molecule has 5 heteroatoms. The number of aldehydes is 1. The van der Waals surface area contributed by atoms with Crippen LogP contribution in [0.1, 0.15) is 40.1 Å². The first-order valence-corrected chi connectivity index (χ1v) is 6.14. The number of aryl methyl sites for hydroxylation is 3. The van der Waals surface area contributed by atoms with E-state index in [9.17, 15) is 4.79 Å². The zero-order valence-electron chi connectivity index (χ0n) is 11.3. The van der Waals surface area contributed by atoms with Crippen LogP contribution in [0.5, 0.6) is 5.75 Å². The molecule has 0 amide bonds. The Hall–Kier alpha value is -2.17. The highest BCUT2D eigenvalue weighted by molar-refractivity contribution is 5.76. The molecule has 0 unspecified atom stereocenters. The summed E-state index contributed by atoms with van der Waals surface area (Å²) in [5, 5.41) is 3.81. The molecule has 19 heavy (non-hydrogen) atoms. The van der Waals surface area contributed by atoms with Crippen molar-refractivity contribution in [2.24, 2.45) is 0 Å². The molecule has 2 rings (SSSR count). The normalized spacial score (nSPS) is 10.5. The number of hydrogen-bond donors (Lipinski definition) is 0. The molecule has 0 aliphatic heterocycles. The average Bonchev–Trinajstić information content (AvgIpc) is 2.85. The molecule has 0 spiro atoms. The van der Waals surface area contributed by atoms with Gasteiger partial charge in [0.15, 0.2) is 12.4 Å². The van der Waals surface area contributed by atoms with Crippen molar-refractivity contribution in [3.8, 4) is 5.75 Å². The van der Waals surface area contributed by atoms with Gasteiger partial charge in [0.1, 0.15) is 12.0 Å². The number of ether oxygens (including phenoxy) is 1. The lowest BCUT2D eigenvalue weighted by molar-refractivity contribution is 0.112. The fraction of sp³-hybridized carbons (Fsp3) is 0.357. The second-order valence-corrected chi connectivity index (χ2v) is 4.35. The van der Waals surface area contributed by atoms with Crippen LogP contribution in [-0.4, -0.2) is 16.4 Å². The Morgan fingerprint density at radius 3 is 2.53 bits per heavy atom. The Bertz CT molecular complexity index is 567. The van der Waals surface area contributed by atoms with E-state index in [0.29, 0.717) is 17.3 Å². The highest BCUT2D eigenvalue weighted by atomic mass is 16.5. The fourth-order valence-corrected chi connectivity index (χ4v) is 1.91. The van der Waals surface area contributed by atoms with Crippen LogP contribution in [0, 0.1) is 13.8 Å². The van der Waals surface area contributed by atoms with E-state index in [1.807, 2.05) is 20.8 Å². The molecule has 100 valence electrons. The predicted molar refractivity (Wildman–Crippen MR) is 69.3 cm³/mol. The maximum absolute atomic E-state index is 10.8. The number of carbonyl (C=O) groups is 1. The molecule has 0 aliphatic rings. The molecule has 1 aromatic carbocycles. The third-order valence-electron chi connectivity index (χ3n) is 2.79. The summed E-state index contributed by atoms with van der Waals surface area (Å²) < 4.78 is 10.8. The van der Waals surface area contributed by atoms with Crippen LogP contribution in [0.15, 0.2) is 16.7 Å². The molecular weight excluding hydrogens is 244 g/mol. The Morgan fingerprint density at radius 1 is 1.32 bits per heavy atom. The van der Waals surface area contributed by atoms with Gasteiger partial charge in [-0.3, -0.25) is 4.79 Å². The average molecular weight is 260 g/mol. The van der Waals surface area contributed by atoms with Crippen LogP contribution >= 0.6 is 0 Å². The Kier molecular flexibility index (Phi) is 3.94. The van der Waals surface area contributed by atoms with Crippen LogP contribution in [0.25, 0.3) is 0 Å². The maximum Gasteiger partial charge on any atom is 0.264 e. The van der Waals surface area contributed by atoms with Crippen molar-refractivity contribution in [1.82, 2.24) is 10.1 Å². The quantitative estimate of drug-likeness (QED) is 0.773. The first kappa shape index (κ1) is 13.3. The van der Waals surface area contributed by atoms with E-state index < -0.39 is 0 Å². The van der Waals surface area contributed by atoms with Crippen LogP contribution in [0.4, 0.5) is 0 Å². The van der Waals surface area contributed by atoms with Gasteiger partial charge in [-0.15, -0.1) is 0 Å². The van der Waals surface area contributed by atoms with Crippen LogP contribution in [0.3, 0.4) is 0 Å². The van der Waals surface area contributed by atoms with Gasteiger partial charge in [-0.2, -0.15) is 4.98 Å². The minimum atomic E-state index is 0.231. The highest BCUT2D eigenvalue weighted by Crippen LogP contribution is 2.25. The monoisotopic (exact) mass is 260 g/mol. The first-order valence-electron chi connectivity index (χ1n) is 6.14. The van der Waals surface area contributed by atoms with Crippen LogP contribution in [0.2, 0.25) is 0 Å². The third-order valence-corrected chi connectivity index (χ3v) is 2.79. The standard InChI is InChI=1S/C14H16N2O3/c1-4-12-15-13(19-16-12)8-18-14-9(2)5-11(7-17)6-10(14)3/h5-7H,4,8H2,1-3H3. The van der Waals surface area contributed by atoms with Gasteiger partial charge in [0, 0.05) is 12.0 Å². The second kappa shape index (κ2) is 5.65. The summed E-state index contributed by atoms with van der Waals surface area (Å²) in [7, 11) is 0. The summed E-state index contributed by atoms with van der Waals surface area (Å²) in [6.07, 6.45) is 1.56. The fourth-order valence-electron chi connectivity index (χ4n) is 1.91. The molecule has 0 saturated heterocycles. The lowest BCUT2D eigenvalue weighted by Crippen LogP contribution is -2.00. The molecule has 5 nitrogen and oxygen atoms in total. The summed E-state index contributed by atoms with van der Waals surface area (Å²) in [6, 6.07) is 3.58. The van der Waals surface area contributed by atoms with Crippen molar-refractivity contribution < 1.29 is 14.1 Å². The van der Waals surface area contributed by atoms with E-state index in [1.54, 1.807) is 12.1 Å². The summed E-state index contributed by atoms with van der Waals surface area (Å²) >= 11 is 0. The SMILES string of the molecule is CCc1noc(COc2c(C)cc(C=O)cc2C)n1. The van der Waals surface area contributed by atoms with Gasteiger partial charge in [-0.25, -0.2) is 0 Å². The van der Waals surface area contributed by atoms with E-state index in [4.69, 9.17) is 9.26 Å².